The highest BCUT2D eigenvalue weighted by Gasteiger charge is 2.29. The zero-order valence-electron chi connectivity index (χ0n) is 13.2. The van der Waals surface area contributed by atoms with Crippen molar-refractivity contribution in [2.75, 3.05) is 0 Å². The number of hydrogen-bond donors (Lipinski definition) is 0. The Morgan fingerprint density at radius 2 is 1.32 bits per heavy atom. The molecule has 0 heterocycles. The Kier molecular flexibility index (Phi) is 4.57. The number of nitrogens with zero attached hydrogens (tertiary/aromatic N) is 1. The lowest BCUT2D eigenvalue weighted by atomic mass is 9.87. The van der Waals surface area contributed by atoms with Crippen LogP contribution in [-0.2, 0) is 4.84 Å². The van der Waals surface area contributed by atoms with Gasteiger partial charge in [-0.05, 0) is 32.6 Å². The molecular formula is C20H23NO. The molecule has 1 fully saturated rings. The summed E-state index contributed by atoms with van der Waals surface area (Å²) in [6.07, 6.45) is 5.96. The van der Waals surface area contributed by atoms with Crippen molar-refractivity contribution < 1.29 is 4.84 Å². The summed E-state index contributed by atoms with van der Waals surface area (Å²) >= 11 is 0. The lowest BCUT2D eigenvalue weighted by Gasteiger charge is -2.31. The summed E-state index contributed by atoms with van der Waals surface area (Å²) in [5, 5.41) is 4.58. The Morgan fingerprint density at radius 1 is 0.818 bits per heavy atom. The van der Waals surface area contributed by atoms with Crippen molar-refractivity contribution in [1.82, 2.24) is 0 Å². The summed E-state index contributed by atoms with van der Waals surface area (Å²) in [5.41, 5.74) is 2.97. The van der Waals surface area contributed by atoms with E-state index in [2.05, 4.69) is 36.3 Å². The molecule has 0 radical (unpaired) electrons. The van der Waals surface area contributed by atoms with Gasteiger partial charge in [-0.25, -0.2) is 0 Å². The highest BCUT2D eigenvalue weighted by molar-refractivity contribution is 6.12. The molecular weight excluding hydrogens is 270 g/mol. The molecule has 2 nitrogen and oxygen atoms in total. The maximum absolute atomic E-state index is 6.03. The van der Waals surface area contributed by atoms with Gasteiger partial charge >= 0.3 is 0 Å². The summed E-state index contributed by atoms with van der Waals surface area (Å²) in [4.78, 5) is 6.03. The van der Waals surface area contributed by atoms with E-state index < -0.39 is 0 Å². The van der Waals surface area contributed by atoms with E-state index in [0.717, 1.165) is 29.7 Å². The second-order valence-corrected chi connectivity index (χ2v) is 6.27. The predicted octanol–water partition coefficient (Wildman–Crippen LogP) is 5.18. The third kappa shape index (κ3) is 3.56. The van der Waals surface area contributed by atoms with Gasteiger partial charge in [0.2, 0.25) is 0 Å². The van der Waals surface area contributed by atoms with E-state index >= 15 is 0 Å². The van der Waals surface area contributed by atoms with E-state index in [1.807, 2.05) is 36.4 Å². The van der Waals surface area contributed by atoms with Crippen LogP contribution in [0.25, 0.3) is 0 Å². The summed E-state index contributed by atoms with van der Waals surface area (Å²) in [5.74, 6) is 0. The molecule has 114 valence electrons. The Hall–Kier alpha value is -2.09. The molecule has 1 aliphatic rings. The molecule has 3 rings (SSSR count). The molecule has 2 aromatic rings. The SMILES string of the molecule is CC1(ON=C(c2ccccc2)c2ccccc2)CCCCC1. The van der Waals surface area contributed by atoms with Crippen molar-refractivity contribution >= 4 is 5.71 Å². The van der Waals surface area contributed by atoms with Crippen molar-refractivity contribution in [2.24, 2.45) is 5.16 Å². The van der Waals surface area contributed by atoms with E-state index in [1.54, 1.807) is 0 Å². The zero-order chi connectivity index (χ0) is 15.3. The maximum atomic E-state index is 6.03. The quantitative estimate of drug-likeness (QED) is 0.562. The van der Waals surface area contributed by atoms with Gasteiger partial charge in [0, 0.05) is 11.1 Å². The van der Waals surface area contributed by atoms with Gasteiger partial charge in [-0.3, -0.25) is 0 Å². The van der Waals surface area contributed by atoms with E-state index in [1.165, 1.54) is 19.3 Å². The van der Waals surface area contributed by atoms with Gasteiger partial charge in [-0.15, -0.1) is 0 Å². The number of hydrogen-bond acceptors (Lipinski definition) is 2. The molecule has 2 aromatic carbocycles. The molecule has 0 spiro atoms. The van der Waals surface area contributed by atoms with E-state index in [4.69, 9.17) is 4.84 Å². The normalized spacial score (nSPS) is 16.8. The topological polar surface area (TPSA) is 21.6 Å². The molecule has 22 heavy (non-hydrogen) atoms. The van der Waals surface area contributed by atoms with Crippen LogP contribution in [0.15, 0.2) is 65.8 Å². The van der Waals surface area contributed by atoms with Crippen molar-refractivity contribution in [1.29, 1.82) is 0 Å². The lowest BCUT2D eigenvalue weighted by Crippen LogP contribution is -2.30. The summed E-state index contributed by atoms with van der Waals surface area (Å²) < 4.78 is 0. The number of benzene rings is 2. The molecule has 0 N–H and O–H groups in total. The molecule has 0 unspecified atom stereocenters. The van der Waals surface area contributed by atoms with E-state index in [0.29, 0.717) is 0 Å². The molecule has 1 aliphatic carbocycles. The van der Waals surface area contributed by atoms with Crippen LogP contribution in [0, 0.1) is 0 Å². The van der Waals surface area contributed by atoms with Crippen molar-refractivity contribution in [3.63, 3.8) is 0 Å². The minimum atomic E-state index is -0.118. The fourth-order valence-electron chi connectivity index (χ4n) is 3.01. The first-order valence-electron chi connectivity index (χ1n) is 8.14. The molecule has 0 aromatic heterocycles. The first-order chi connectivity index (χ1) is 10.8. The second-order valence-electron chi connectivity index (χ2n) is 6.27. The standard InChI is InChI=1S/C20H23NO/c1-20(15-9-4-10-16-20)22-21-19(17-11-5-2-6-12-17)18-13-7-3-8-14-18/h2-3,5-8,11-14H,4,9-10,15-16H2,1H3. The Labute approximate surface area is 132 Å². The third-order valence-electron chi connectivity index (χ3n) is 4.36. The molecule has 0 amide bonds. The van der Waals surface area contributed by atoms with Crippen LogP contribution < -0.4 is 0 Å². The Bertz CT molecular complexity index is 571. The van der Waals surface area contributed by atoms with Crippen molar-refractivity contribution in [3.05, 3.63) is 71.8 Å². The Balaban J connectivity index is 1.90. The van der Waals surface area contributed by atoms with Crippen molar-refractivity contribution in [2.45, 2.75) is 44.6 Å². The minimum absolute atomic E-state index is 0.118. The van der Waals surface area contributed by atoms with Crippen LogP contribution in [0.4, 0.5) is 0 Å². The first-order valence-corrected chi connectivity index (χ1v) is 8.14. The van der Waals surface area contributed by atoms with Crippen LogP contribution in [0.5, 0.6) is 0 Å². The largest absolute Gasteiger partial charge is 0.389 e. The van der Waals surface area contributed by atoms with Gasteiger partial charge in [-0.1, -0.05) is 72.2 Å². The Morgan fingerprint density at radius 3 is 1.82 bits per heavy atom. The predicted molar refractivity (Wildman–Crippen MR) is 91.1 cm³/mol. The van der Waals surface area contributed by atoms with Gasteiger partial charge < -0.3 is 4.84 Å². The van der Waals surface area contributed by atoms with E-state index in [9.17, 15) is 0 Å². The van der Waals surface area contributed by atoms with Gasteiger partial charge in [-0.2, -0.15) is 0 Å². The van der Waals surface area contributed by atoms with Crippen LogP contribution in [-0.4, -0.2) is 11.3 Å². The summed E-state index contributed by atoms with van der Waals surface area (Å²) in [6.45, 7) is 2.18. The van der Waals surface area contributed by atoms with Crippen molar-refractivity contribution in [3.8, 4) is 0 Å². The molecule has 0 aliphatic heterocycles. The highest BCUT2D eigenvalue weighted by Crippen LogP contribution is 2.31. The van der Waals surface area contributed by atoms with Crippen LogP contribution in [0.1, 0.15) is 50.2 Å². The number of rotatable bonds is 4. The monoisotopic (exact) mass is 293 g/mol. The molecule has 0 atom stereocenters. The molecule has 1 saturated carbocycles. The van der Waals surface area contributed by atoms with Gasteiger partial charge in [0.05, 0.1) is 0 Å². The number of oxime groups is 1. The molecule has 2 heteroatoms. The lowest BCUT2D eigenvalue weighted by molar-refractivity contribution is -0.0539. The third-order valence-corrected chi connectivity index (χ3v) is 4.36. The minimum Gasteiger partial charge on any atom is -0.389 e. The summed E-state index contributed by atoms with van der Waals surface area (Å²) in [7, 11) is 0. The van der Waals surface area contributed by atoms with Gasteiger partial charge in [0.25, 0.3) is 0 Å². The first kappa shape index (κ1) is 14.8. The van der Waals surface area contributed by atoms with Gasteiger partial charge in [0.15, 0.2) is 0 Å². The van der Waals surface area contributed by atoms with E-state index in [-0.39, 0.29) is 5.60 Å². The summed E-state index contributed by atoms with van der Waals surface area (Å²) in [6, 6.07) is 20.5. The highest BCUT2D eigenvalue weighted by atomic mass is 16.6. The average molecular weight is 293 g/mol. The fourth-order valence-corrected chi connectivity index (χ4v) is 3.01. The maximum Gasteiger partial charge on any atom is 0.135 e. The van der Waals surface area contributed by atoms with Gasteiger partial charge in [0.1, 0.15) is 11.3 Å². The smallest absolute Gasteiger partial charge is 0.135 e. The van der Waals surface area contributed by atoms with Crippen LogP contribution in [0.2, 0.25) is 0 Å². The zero-order valence-corrected chi connectivity index (χ0v) is 13.2. The van der Waals surface area contributed by atoms with Crippen LogP contribution in [0.3, 0.4) is 0 Å². The average Bonchev–Trinajstić information content (AvgIpc) is 2.58. The molecule has 0 bridgehead atoms. The van der Waals surface area contributed by atoms with Crippen LogP contribution >= 0.6 is 0 Å². The fraction of sp³-hybridized carbons (Fsp3) is 0.350. The second kappa shape index (κ2) is 6.78. The molecule has 0 saturated heterocycles.